The molecule has 0 amide bonds. The van der Waals surface area contributed by atoms with Crippen LogP contribution < -0.4 is 4.74 Å². The predicted molar refractivity (Wildman–Crippen MR) is 72.7 cm³/mol. The number of aliphatic hydroxyl groups excluding tert-OH is 1. The van der Waals surface area contributed by atoms with Gasteiger partial charge in [0.2, 0.25) is 0 Å². The first-order valence-corrected chi connectivity index (χ1v) is 6.25. The van der Waals surface area contributed by atoms with E-state index in [-0.39, 0.29) is 0 Å². The Morgan fingerprint density at radius 1 is 1.00 bits per heavy atom. The lowest BCUT2D eigenvalue weighted by molar-refractivity contribution is 0.172. The van der Waals surface area contributed by atoms with Crippen molar-refractivity contribution >= 4 is 0 Å². The monoisotopic (exact) mass is 242 g/mol. The van der Waals surface area contributed by atoms with E-state index in [4.69, 9.17) is 4.74 Å². The van der Waals surface area contributed by atoms with Crippen LogP contribution in [0.2, 0.25) is 0 Å². The SMILES string of the molecule is CCOc1ccccc1C(O)Cc1ccccc1. The molecule has 0 heterocycles. The molecule has 2 nitrogen and oxygen atoms in total. The van der Waals surface area contributed by atoms with E-state index in [1.165, 1.54) is 0 Å². The molecular formula is C16H18O2. The van der Waals surface area contributed by atoms with Crippen LogP contribution in [0.25, 0.3) is 0 Å². The third-order valence-electron chi connectivity index (χ3n) is 2.85. The lowest BCUT2D eigenvalue weighted by Crippen LogP contribution is -2.05. The molecule has 0 saturated carbocycles. The van der Waals surface area contributed by atoms with Crippen LogP contribution in [-0.2, 0) is 6.42 Å². The van der Waals surface area contributed by atoms with Gasteiger partial charge in [-0.05, 0) is 18.6 Å². The molecule has 0 fully saturated rings. The van der Waals surface area contributed by atoms with E-state index in [0.717, 1.165) is 16.9 Å². The van der Waals surface area contributed by atoms with Crippen molar-refractivity contribution in [3.05, 3.63) is 65.7 Å². The molecule has 0 aromatic heterocycles. The molecule has 18 heavy (non-hydrogen) atoms. The fraction of sp³-hybridized carbons (Fsp3) is 0.250. The quantitative estimate of drug-likeness (QED) is 0.871. The second-order valence-corrected chi connectivity index (χ2v) is 4.18. The van der Waals surface area contributed by atoms with Gasteiger partial charge in [0.15, 0.2) is 0 Å². The summed E-state index contributed by atoms with van der Waals surface area (Å²) in [6.45, 7) is 2.55. The minimum Gasteiger partial charge on any atom is -0.493 e. The van der Waals surface area contributed by atoms with Crippen molar-refractivity contribution in [1.82, 2.24) is 0 Å². The highest BCUT2D eigenvalue weighted by Gasteiger charge is 2.13. The summed E-state index contributed by atoms with van der Waals surface area (Å²) in [6.07, 6.45) is 0.0698. The minimum atomic E-state index is -0.532. The van der Waals surface area contributed by atoms with Crippen LogP contribution in [0.3, 0.4) is 0 Å². The van der Waals surface area contributed by atoms with Crippen LogP contribution >= 0.6 is 0 Å². The summed E-state index contributed by atoms with van der Waals surface area (Å²) in [7, 11) is 0. The van der Waals surface area contributed by atoms with Crippen LogP contribution in [0.1, 0.15) is 24.2 Å². The maximum Gasteiger partial charge on any atom is 0.125 e. The van der Waals surface area contributed by atoms with E-state index in [2.05, 4.69) is 0 Å². The highest BCUT2D eigenvalue weighted by molar-refractivity contribution is 5.36. The first kappa shape index (κ1) is 12.7. The summed E-state index contributed by atoms with van der Waals surface area (Å²) in [5, 5.41) is 10.3. The summed E-state index contributed by atoms with van der Waals surface area (Å²) in [6, 6.07) is 17.6. The molecule has 1 atom stereocenters. The van der Waals surface area contributed by atoms with Gasteiger partial charge in [0, 0.05) is 12.0 Å². The zero-order chi connectivity index (χ0) is 12.8. The third-order valence-corrected chi connectivity index (χ3v) is 2.85. The van der Waals surface area contributed by atoms with E-state index in [1.807, 2.05) is 61.5 Å². The Bertz CT molecular complexity index is 479. The number of benzene rings is 2. The molecular weight excluding hydrogens is 224 g/mol. The average Bonchev–Trinajstić information content (AvgIpc) is 2.41. The molecule has 0 aliphatic heterocycles. The van der Waals surface area contributed by atoms with Gasteiger partial charge in [-0.25, -0.2) is 0 Å². The molecule has 0 radical (unpaired) electrons. The Kier molecular flexibility index (Phi) is 4.37. The number of ether oxygens (including phenoxy) is 1. The fourth-order valence-electron chi connectivity index (χ4n) is 1.99. The lowest BCUT2D eigenvalue weighted by atomic mass is 10.0. The molecule has 0 bridgehead atoms. The summed E-state index contributed by atoms with van der Waals surface area (Å²) in [5.41, 5.74) is 1.97. The Hall–Kier alpha value is -1.80. The van der Waals surface area contributed by atoms with Gasteiger partial charge in [-0.2, -0.15) is 0 Å². The van der Waals surface area contributed by atoms with E-state index in [9.17, 15) is 5.11 Å². The van der Waals surface area contributed by atoms with Crippen LogP contribution in [0.4, 0.5) is 0 Å². The zero-order valence-corrected chi connectivity index (χ0v) is 10.5. The van der Waals surface area contributed by atoms with Crippen LogP contribution in [-0.4, -0.2) is 11.7 Å². The average molecular weight is 242 g/mol. The van der Waals surface area contributed by atoms with Crippen LogP contribution in [0.5, 0.6) is 5.75 Å². The topological polar surface area (TPSA) is 29.5 Å². The maximum absolute atomic E-state index is 10.3. The Morgan fingerprint density at radius 2 is 1.67 bits per heavy atom. The van der Waals surface area contributed by atoms with Gasteiger partial charge in [-0.1, -0.05) is 48.5 Å². The second-order valence-electron chi connectivity index (χ2n) is 4.18. The first-order valence-electron chi connectivity index (χ1n) is 6.25. The fourth-order valence-corrected chi connectivity index (χ4v) is 1.99. The van der Waals surface area contributed by atoms with E-state index in [0.29, 0.717) is 13.0 Å². The van der Waals surface area contributed by atoms with Crippen LogP contribution in [0, 0.1) is 0 Å². The van der Waals surface area contributed by atoms with Crippen molar-refractivity contribution in [1.29, 1.82) is 0 Å². The van der Waals surface area contributed by atoms with Crippen LogP contribution in [0.15, 0.2) is 54.6 Å². The van der Waals surface area contributed by atoms with Gasteiger partial charge in [0.25, 0.3) is 0 Å². The second kappa shape index (κ2) is 6.22. The molecule has 0 aliphatic rings. The normalized spacial score (nSPS) is 12.1. The number of hydrogen-bond acceptors (Lipinski definition) is 2. The number of hydrogen-bond donors (Lipinski definition) is 1. The predicted octanol–water partition coefficient (Wildman–Crippen LogP) is 3.36. The van der Waals surface area contributed by atoms with Gasteiger partial charge in [0.1, 0.15) is 5.75 Å². The molecule has 0 aliphatic carbocycles. The number of aliphatic hydroxyl groups is 1. The van der Waals surface area contributed by atoms with Gasteiger partial charge in [0.05, 0.1) is 12.7 Å². The molecule has 2 rings (SSSR count). The molecule has 2 aromatic rings. The smallest absolute Gasteiger partial charge is 0.125 e. The standard InChI is InChI=1S/C16H18O2/c1-2-18-16-11-7-6-10-14(16)15(17)12-13-8-4-3-5-9-13/h3-11,15,17H,2,12H2,1H3. The maximum atomic E-state index is 10.3. The lowest BCUT2D eigenvalue weighted by Gasteiger charge is -2.15. The van der Waals surface area contributed by atoms with Crippen molar-refractivity contribution in [2.45, 2.75) is 19.4 Å². The summed E-state index contributed by atoms with van der Waals surface area (Å²) in [4.78, 5) is 0. The van der Waals surface area contributed by atoms with Gasteiger partial charge >= 0.3 is 0 Å². The first-order chi connectivity index (χ1) is 8.81. The van der Waals surface area contributed by atoms with E-state index in [1.54, 1.807) is 0 Å². The van der Waals surface area contributed by atoms with Crippen molar-refractivity contribution in [3.63, 3.8) is 0 Å². The largest absolute Gasteiger partial charge is 0.493 e. The molecule has 2 aromatic carbocycles. The van der Waals surface area contributed by atoms with Gasteiger partial charge in [-0.3, -0.25) is 0 Å². The van der Waals surface area contributed by atoms with E-state index < -0.39 is 6.10 Å². The highest BCUT2D eigenvalue weighted by atomic mass is 16.5. The Morgan fingerprint density at radius 3 is 2.39 bits per heavy atom. The van der Waals surface area contributed by atoms with Gasteiger partial charge in [-0.15, -0.1) is 0 Å². The Labute approximate surface area is 108 Å². The minimum absolute atomic E-state index is 0.532. The molecule has 94 valence electrons. The molecule has 0 spiro atoms. The number of para-hydroxylation sites is 1. The van der Waals surface area contributed by atoms with Crippen molar-refractivity contribution in [3.8, 4) is 5.75 Å². The van der Waals surface area contributed by atoms with Crippen molar-refractivity contribution < 1.29 is 9.84 Å². The highest BCUT2D eigenvalue weighted by Crippen LogP contribution is 2.27. The zero-order valence-electron chi connectivity index (χ0n) is 10.5. The third kappa shape index (κ3) is 3.11. The molecule has 2 heteroatoms. The van der Waals surface area contributed by atoms with Crippen molar-refractivity contribution in [2.24, 2.45) is 0 Å². The molecule has 1 unspecified atom stereocenters. The Balaban J connectivity index is 2.16. The summed E-state index contributed by atoms with van der Waals surface area (Å²) in [5.74, 6) is 0.767. The molecule has 0 saturated heterocycles. The summed E-state index contributed by atoms with van der Waals surface area (Å²) < 4.78 is 5.54. The van der Waals surface area contributed by atoms with Gasteiger partial charge < -0.3 is 9.84 Å². The van der Waals surface area contributed by atoms with E-state index >= 15 is 0 Å². The van der Waals surface area contributed by atoms with Crippen molar-refractivity contribution in [2.75, 3.05) is 6.61 Å². The number of rotatable bonds is 5. The molecule has 1 N–H and O–H groups in total. The summed E-state index contributed by atoms with van der Waals surface area (Å²) >= 11 is 0.